The fourth-order valence-corrected chi connectivity index (χ4v) is 4.46. The topological polar surface area (TPSA) is 85.6 Å². The third-order valence-corrected chi connectivity index (χ3v) is 6.19. The molecule has 0 radical (unpaired) electrons. The second-order valence-corrected chi connectivity index (χ2v) is 8.38. The van der Waals surface area contributed by atoms with Crippen molar-refractivity contribution >= 4 is 21.0 Å². The quantitative estimate of drug-likeness (QED) is 0.659. The molecular formula is C20H19NO5S. The molecule has 1 fully saturated rings. The number of hydrogen-bond donors (Lipinski definition) is 1. The van der Waals surface area contributed by atoms with E-state index in [1.54, 1.807) is 13.2 Å². The monoisotopic (exact) mass is 385 g/mol. The third kappa shape index (κ3) is 3.74. The number of ether oxygens (including phenoxy) is 1. The van der Waals surface area contributed by atoms with Crippen LogP contribution in [-0.4, -0.2) is 15.5 Å². The van der Waals surface area contributed by atoms with Crippen LogP contribution in [0.2, 0.25) is 0 Å². The van der Waals surface area contributed by atoms with Crippen LogP contribution in [0, 0.1) is 5.92 Å². The number of hydrogen-bond acceptors (Lipinski definition) is 5. The minimum atomic E-state index is -3.73. The molecule has 4 rings (SSSR count). The van der Waals surface area contributed by atoms with E-state index in [0.717, 1.165) is 24.2 Å². The molecular weight excluding hydrogens is 366 g/mol. The molecule has 0 spiro atoms. The van der Waals surface area contributed by atoms with Crippen LogP contribution in [0.3, 0.4) is 0 Å². The average molecular weight is 385 g/mol. The first-order valence-electron chi connectivity index (χ1n) is 8.66. The van der Waals surface area contributed by atoms with Gasteiger partial charge in [-0.25, -0.2) is 17.9 Å². The lowest BCUT2D eigenvalue weighted by Gasteiger charge is -2.19. The SMILES string of the molecule is COc1ccc(C(NS(=O)(=O)c2ccc3oc(=O)ccc3c2)C2CC2)cc1. The second kappa shape index (κ2) is 6.83. The zero-order valence-electron chi connectivity index (χ0n) is 14.7. The predicted octanol–water partition coefficient (Wildman–Crippen LogP) is 3.23. The van der Waals surface area contributed by atoms with Crippen molar-refractivity contribution < 1.29 is 17.6 Å². The van der Waals surface area contributed by atoms with Gasteiger partial charge in [0.05, 0.1) is 12.0 Å². The molecule has 1 unspecified atom stereocenters. The van der Waals surface area contributed by atoms with Crippen LogP contribution >= 0.6 is 0 Å². The summed E-state index contributed by atoms with van der Waals surface area (Å²) in [5, 5.41) is 0.560. The fraction of sp³-hybridized carbons (Fsp3) is 0.250. The Labute approximate surface area is 156 Å². The van der Waals surface area contributed by atoms with Crippen molar-refractivity contribution in [2.45, 2.75) is 23.8 Å². The summed E-state index contributed by atoms with van der Waals surface area (Å²) in [7, 11) is -2.14. The predicted molar refractivity (Wildman–Crippen MR) is 101 cm³/mol. The lowest BCUT2D eigenvalue weighted by molar-refractivity contribution is 0.414. The van der Waals surface area contributed by atoms with Gasteiger partial charge in [-0.15, -0.1) is 0 Å². The first kappa shape index (κ1) is 17.8. The molecule has 7 heteroatoms. The molecule has 27 heavy (non-hydrogen) atoms. The van der Waals surface area contributed by atoms with Crippen LogP contribution in [0.15, 0.2) is 68.7 Å². The molecule has 0 saturated heterocycles. The van der Waals surface area contributed by atoms with Crippen molar-refractivity contribution in [3.63, 3.8) is 0 Å². The van der Waals surface area contributed by atoms with E-state index in [1.807, 2.05) is 24.3 Å². The second-order valence-electron chi connectivity index (χ2n) is 6.66. The minimum Gasteiger partial charge on any atom is -0.497 e. The Morgan fingerprint density at radius 3 is 2.48 bits per heavy atom. The summed E-state index contributed by atoms with van der Waals surface area (Å²) in [6, 6.07) is 14.4. The summed E-state index contributed by atoms with van der Waals surface area (Å²) >= 11 is 0. The number of sulfonamides is 1. The molecule has 2 aromatic carbocycles. The van der Waals surface area contributed by atoms with E-state index >= 15 is 0 Å². The molecule has 1 aromatic heterocycles. The van der Waals surface area contributed by atoms with Gasteiger partial charge in [0.1, 0.15) is 11.3 Å². The zero-order valence-corrected chi connectivity index (χ0v) is 15.5. The molecule has 1 aliphatic carbocycles. The average Bonchev–Trinajstić information content (AvgIpc) is 3.51. The summed E-state index contributed by atoms with van der Waals surface area (Å²) < 4.78 is 39.0. The fourth-order valence-electron chi connectivity index (χ4n) is 3.13. The van der Waals surface area contributed by atoms with E-state index in [-0.39, 0.29) is 16.9 Å². The molecule has 1 heterocycles. The summed E-state index contributed by atoms with van der Waals surface area (Å²) in [4.78, 5) is 11.4. The van der Waals surface area contributed by atoms with E-state index in [1.165, 1.54) is 24.3 Å². The summed E-state index contributed by atoms with van der Waals surface area (Å²) in [6.45, 7) is 0. The molecule has 1 N–H and O–H groups in total. The molecule has 0 aliphatic heterocycles. The number of benzene rings is 2. The lowest BCUT2D eigenvalue weighted by atomic mass is 10.0. The van der Waals surface area contributed by atoms with Gasteiger partial charge in [-0.3, -0.25) is 0 Å². The summed E-state index contributed by atoms with van der Waals surface area (Å²) in [6.07, 6.45) is 1.98. The van der Waals surface area contributed by atoms with Gasteiger partial charge in [0.2, 0.25) is 10.0 Å². The van der Waals surface area contributed by atoms with Gasteiger partial charge in [-0.05, 0) is 60.7 Å². The smallest absolute Gasteiger partial charge is 0.336 e. The molecule has 0 amide bonds. The maximum absolute atomic E-state index is 13.0. The normalized spacial score (nSPS) is 15.6. The van der Waals surface area contributed by atoms with Crippen molar-refractivity contribution in [2.24, 2.45) is 5.92 Å². The van der Waals surface area contributed by atoms with Crippen LogP contribution in [-0.2, 0) is 10.0 Å². The van der Waals surface area contributed by atoms with Crippen molar-refractivity contribution in [3.05, 3.63) is 70.6 Å². The lowest BCUT2D eigenvalue weighted by Crippen LogP contribution is -2.30. The van der Waals surface area contributed by atoms with Gasteiger partial charge < -0.3 is 9.15 Å². The number of nitrogens with one attached hydrogen (secondary N) is 1. The first-order chi connectivity index (χ1) is 13.0. The van der Waals surface area contributed by atoms with Crippen LogP contribution in [0.4, 0.5) is 0 Å². The van der Waals surface area contributed by atoms with Crippen molar-refractivity contribution in [3.8, 4) is 5.75 Å². The highest BCUT2D eigenvalue weighted by Gasteiger charge is 2.35. The number of rotatable bonds is 6. The van der Waals surface area contributed by atoms with E-state index in [0.29, 0.717) is 11.0 Å². The molecule has 0 bridgehead atoms. The van der Waals surface area contributed by atoms with Gasteiger partial charge in [-0.2, -0.15) is 0 Å². The Morgan fingerprint density at radius 2 is 1.81 bits per heavy atom. The highest BCUT2D eigenvalue weighted by Crippen LogP contribution is 2.42. The molecule has 6 nitrogen and oxygen atoms in total. The van der Waals surface area contributed by atoms with Crippen molar-refractivity contribution in [1.29, 1.82) is 0 Å². The minimum absolute atomic E-state index is 0.142. The maximum Gasteiger partial charge on any atom is 0.336 e. The van der Waals surface area contributed by atoms with Crippen molar-refractivity contribution in [2.75, 3.05) is 7.11 Å². The molecule has 1 atom stereocenters. The first-order valence-corrected chi connectivity index (χ1v) is 10.1. The Kier molecular flexibility index (Phi) is 4.49. The highest BCUT2D eigenvalue weighted by atomic mass is 32.2. The van der Waals surface area contributed by atoms with Crippen LogP contribution in [0.25, 0.3) is 11.0 Å². The largest absolute Gasteiger partial charge is 0.497 e. The molecule has 140 valence electrons. The van der Waals surface area contributed by atoms with Gasteiger partial charge in [0.25, 0.3) is 0 Å². The van der Waals surface area contributed by atoms with E-state index < -0.39 is 15.6 Å². The van der Waals surface area contributed by atoms with Crippen LogP contribution in [0.1, 0.15) is 24.4 Å². The summed E-state index contributed by atoms with van der Waals surface area (Å²) in [5.74, 6) is 1.01. The van der Waals surface area contributed by atoms with E-state index in [2.05, 4.69) is 4.72 Å². The highest BCUT2D eigenvalue weighted by molar-refractivity contribution is 7.89. The van der Waals surface area contributed by atoms with Gasteiger partial charge >= 0.3 is 5.63 Å². The standard InChI is InChI=1S/C20H19NO5S/c1-25-16-7-4-14(5-8-16)20(13-2-3-13)21-27(23,24)17-9-10-18-15(12-17)6-11-19(22)26-18/h4-13,20-21H,2-3H2,1H3. The third-order valence-electron chi connectivity index (χ3n) is 4.75. The number of fused-ring (bicyclic) bond motifs is 1. The Bertz CT molecular complexity index is 1130. The van der Waals surface area contributed by atoms with Crippen LogP contribution < -0.4 is 15.1 Å². The summed E-state index contributed by atoms with van der Waals surface area (Å²) in [5.41, 5.74) is 0.800. The molecule has 1 saturated carbocycles. The Morgan fingerprint density at radius 1 is 1.07 bits per heavy atom. The Balaban J connectivity index is 1.65. The molecule has 3 aromatic rings. The van der Waals surface area contributed by atoms with E-state index in [4.69, 9.17) is 9.15 Å². The number of methoxy groups -OCH3 is 1. The Hall–Kier alpha value is -2.64. The molecule has 1 aliphatic rings. The van der Waals surface area contributed by atoms with Gasteiger partial charge in [0.15, 0.2) is 0 Å². The van der Waals surface area contributed by atoms with E-state index in [9.17, 15) is 13.2 Å². The zero-order chi connectivity index (χ0) is 19.0. The van der Waals surface area contributed by atoms with Gasteiger partial charge in [-0.1, -0.05) is 12.1 Å². The van der Waals surface area contributed by atoms with Crippen LogP contribution in [0.5, 0.6) is 5.75 Å². The van der Waals surface area contributed by atoms with Gasteiger partial charge in [0, 0.05) is 17.5 Å². The van der Waals surface area contributed by atoms with Crippen molar-refractivity contribution in [1.82, 2.24) is 4.72 Å². The maximum atomic E-state index is 13.0.